The van der Waals surface area contributed by atoms with E-state index in [0.717, 1.165) is 37.7 Å². The molecule has 1 heterocycles. The molecule has 4 nitrogen and oxygen atoms in total. The maximum atomic E-state index is 10.1. The van der Waals surface area contributed by atoms with Gasteiger partial charge in [0.2, 0.25) is 0 Å². The van der Waals surface area contributed by atoms with Crippen LogP contribution in [0.25, 0.3) is 0 Å². The Bertz CT molecular complexity index is 487. The Morgan fingerprint density at radius 3 is 3.05 bits per heavy atom. The second-order valence-electron chi connectivity index (χ2n) is 6.63. The van der Waals surface area contributed by atoms with Crippen molar-refractivity contribution in [2.24, 2.45) is 5.92 Å². The van der Waals surface area contributed by atoms with Crippen molar-refractivity contribution in [2.75, 3.05) is 26.4 Å². The standard InChI is InChI=1S/C18H27NO3/c1-13-4-7-16-17(3-2-8-22-18(16)9-13)19-10-15(20)12-21-11-14-5-6-14/h4,7,9,14-15,17,19-20H,2-3,5-6,8,10-12H2,1H3. The van der Waals surface area contributed by atoms with Gasteiger partial charge in [0.25, 0.3) is 0 Å². The highest BCUT2D eigenvalue weighted by Gasteiger charge is 2.22. The van der Waals surface area contributed by atoms with Gasteiger partial charge in [-0.1, -0.05) is 12.1 Å². The number of fused-ring (bicyclic) bond motifs is 1. The summed E-state index contributed by atoms with van der Waals surface area (Å²) in [5, 5.41) is 13.5. The van der Waals surface area contributed by atoms with E-state index in [0.29, 0.717) is 13.2 Å². The molecule has 0 bridgehead atoms. The Kier molecular flexibility index (Phi) is 5.34. The van der Waals surface area contributed by atoms with Gasteiger partial charge in [0.05, 0.1) is 19.3 Å². The summed E-state index contributed by atoms with van der Waals surface area (Å²) in [5.41, 5.74) is 2.42. The van der Waals surface area contributed by atoms with E-state index in [1.165, 1.54) is 24.0 Å². The molecule has 1 saturated carbocycles. The Labute approximate surface area is 132 Å². The number of ether oxygens (including phenoxy) is 2. The normalized spacial score (nSPS) is 22.5. The molecule has 122 valence electrons. The fraction of sp³-hybridized carbons (Fsp3) is 0.667. The molecule has 1 fully saturated rings. The molecule has 22 heavy (non-hydrogen) atoms. The van der Waals surface area contributed by atoms with E-state index in [1.54, 1.807) is 0 Å². The molecule has 2 atom stereocenters. The van der Waals surface area contributed by atoms with Crippen molar-refractivity contribution in [1.29, 1.82) is 0 Å². The summed E-state index contributed by atoms with van der Waals surface area (Å²) in [6, 6.07) is 6.61. The van der Waals surface area contributed by atoms with Gasteiger partial charge in [-0.15, -0.1) is 0 Å². The molecule has 2 aliphatic rings. The van der Waals surface area contributed by atoms with E-state index in [9.17, 15) is 5.11 Å². The van der Waals surface area contributed by atoms with Crippen LogP contribution in [0.4, 0.5) is 0 Å². The third kappa shape index (κ3) is 4.45. The molecule has 1 aromatic carbocycles. The number of hydrogen-bond acceptors (Lipinski definition) is 4. The topological polar surface area (TPSA) is 50.7 Å². The molecule has 2 N–H and O–H groups in total. The van der Waals surface area contributed by atoms with E-state index in [-0.39, 0.29) is 6.04 Å². The molecule has 0 amide bonds. The summed E-state index contributed by atoms with van der Waals surface area (Å²) in [4.78, 5) is 0. The minimum atomic E-state index is -0.447. The van der Waals surface area contributed by atoms with Crippen molar-refractivity contribution < 1.29 is 14.6 Å². The van der Waals surface area contributed by atoms with Crippen LogP contribution < -0.4 is 10.1 Å². The van der Waals surface area contributed by atoms with E-state index >= 15 is 0 Å². The van der Waals surface area contributed by atoms with Gasteiger partial charge in [0.15, 0.2) is 0 Å². The van der Waals surface area contributed by atoms with Crippen molar-refractivity contribution in [3.63, 3.8) is 0 Å². The lowest BCUT2D eigenvalue weighted by Gasteiger charge is -2.21. The SMILES string of the molecule is Cc1ccc2c(c1)OCCCC2NCC(O)COCC1CC1. The zero-order valence-corrected chi connectivity index (χ0v) is 13.4. The summed E-state index contributed by atoms with van der Waals surface area (Å²) in [6.45, 7) is 4.63. The third-order valence-electron chi connectivity index (χ3n) is 4.40. The van der Waals surface area contributed by atoms with E-state index < -0.39 is 6.10 Å². The predicted molar refractivity (Wildman–Crippen MR) is 86.2 cm³/mol. The van der Waals surface area contributed by atoms with Crippen LogP contribution >= 0.6 is 0 Å². The number of rotatable bonds is 7. The maximum Gasteiger partial charge on any atom is 0.124 e. The zero-order chi connectivity index (χ0) is 15.4. The fourth-order valence-electron chi connectivity index (χ4n) is 2.88. The number of aliphatic hydroxyl groups excluding tert-OH is 1. The predicted octanol–water partition coefficient (Wildman–Crippen LogP) is 2.59. The smallest absolute Gasteiger partial charge is 0.124 e. The number of benzene rings is 1. The van der Waals surface area contributed by atoms with Gasteiger partial charge in [0.1, 0.15) is 5.75 Å². The Balaban J connectivity index is 1.50. The van der Waals surface area contributed by atoms with Gasteiger partial charge in [0, 0.05) is 24.8 Å². The van der Waals surface area contributed by atoms with E-state index in [2.05, 4.69) is 30.4 Å². The Morgan fingerprint density at radius 1 is 1.36 bits per heavy atom. The van der Waals surface area contributed by atoms with Crippen LogP contribution in [0.2, 0.25) is 0 Å². The van der Waals surface area contributed by atoms with E-state index in [1.807, 2.05) is 0 Å². The van der Waals surface area contributed by atoms with Crippen LogP contribution in [0.3, 0.4) is 0 Å². The second-order valence-corrected chi connectivity index (χ2v) is 6.63. The molecule has 4 heteroatoms. The number of hydrogen-bond donors (Lipinski definition) is 2. The summed E-state index contributed by atoms with van der Waals surface area (Å²) in [7, 11) is 0. The van der Waals surface area contributed by atoms with Crippen LogP contribution in [-0.2, 0) is 4.74 Å². The molecule has 0 aromatic heterocycles. The van der Waals surface area contributed by atoms with Gasteiger partial charge in [-0.2, -0.15) is 0 Å². The first-order valence-corrected chi connectivity index (χ1v) is 8.45. The molecule has 1 aliphatic carbocycles. The van der Waals surface area contributed by atoms with Crippen molar-refractivity contribution in [2.45, 2.75) is 44.8 Å². The van der Waals surface area contributed by atoms with Gasteiger partial charge in [-0.3, -0.25) is 0 Å². The Morgan fingerprint density at radius 2 is 2.23 bits per heavy atom. The largest absolute Gasteiger partial charge is 0.493 e. The minimum absolute atomic E-state index is 0.246. The number of nitrogens with one attached hydrogen (secondary N) is 1. The molecule has 0 spiro atoms. The van der Waals surface area contributed by atoms with Gasteiger partial charge >= 0.3 is 0 Å². The summed E-state index contributed by atoms with van der Waals surface area (Å²) in [5.74, 6) is 1.73. The number of aliphatic hydroxyl groups is 1. The monoisotopic (exact) mass is 305 g/mol. The summed E-state index contributed by atoms with van der Waals surface area (Å²) < 4.78 is 11.4. The van der Waals surface area contributed by atoms with Crippen LogP contribution in [0.5, 0.6) is 5.75 Å². The first kappa shape index (κ1) is 15.8. The second kappa shape index (κ2) is 7.44. The van der Waals surface area contributed by atoms with Crippen LogP contribution in [0.1, 0.15) is 42.9 Å². The lowest BCUT2D eigenvalue weighted by Crippen LogP contribution is -2.33. The van der Waals surface area contributed by atoms with Crippen molar-refractivity contribution in [3.8, 4) is 5.75 Å². The lowest BCUT2D eigenvalue weighted by molar-refractivity contribution is 0.0311. The van der Waals surface area contributed by atoms with Crippen LogP contribution in [-0.4, -0.2) is 37.6 Å². The lowest BCUT2D eigenvalue weighted by atomic mass is 10.0. The summed E-state index contributed by atoms with van der Waals surface area (Å²) in [6.07, 6.45) is 4.18. The average Bonchev–Trinajstić information content (AvgIpc) is 3.32. The van der Waals surface area contributed by atoms with Crippen LogP contribution in [0, 0.1) is 12.8 Å². The first-order valence-electron chi connectivity index (χ1n) is 8.45. The molecule has 0 radical (unpaired) electrons. The summed E-state index contributed by atoms with van der Waals surface area (Å²) >= 11 is 0. The maximum absolute atomic E-state index is 10.1. The highest BCUT2D eigenvalue weighted by Crippen LogP contribution is 2.32. The van der Waals surface area contributed by atoms with Gasteiger partial charge in [-0.25, -0.2) is 0 Å². The molecule has 3 rings (SSSR count). The molecule has 1 aliphatic heterocycles. The third-order valence-corrected chi connectivity index (χ3v) is 4.40. The zero-order valence-electron chi connectivity index (χ0n) is 13.4. The van der Waals surface area contributed by atoms with E-state index in [4.69, 9.17) is 9.47 Å². The molecule has 0 saturated heterocycles. The first-order chi connectivity index (χ1) is 10.7. The Hall–Kier alpha value is -1.10. The molecule has 2 unspecified atom stereocenters. The quantitative estimate of drug-likeness (QED) is 0.813. The van der Waals surface area contributed by atoms with Crippen molar-refractivity contribution >= 4 is 0 Å². The minimum Gasteiger partial charge on any atom is -0.493 e. The van der Waals surface area contributed by atoms with Crippen molar-refractivity contribution in [3.05, 3.63) is 29.3 Å². The van der Waals surface area contributed by atoms with Gasteiger partial charge in [-0.05, 0) is 50.2 Å². The molecular weight excluding hydrogens is 278 g/mol. The van der Waals surface area contributed by atoms with Crippen LogP contribution in [0.15, 0.2) is 18.2 Å². The fourth-order valence-corrected chi connectivity index (χ4v) is 2.88. The van der Waals surface area contributed by atoms with Gasteiger partial charge < -0.3 is 19.9 Å². The highest BCUT2D eigenvalue weighted by molar-refractivity contribution is 5.39. The highest BCUT2D eigenvalue weighted by atomic mass is 16.5. The molecular formula is C18H27NO3. The molecule has 1 aromatic rings. The number of aryl methyl sites for hydroxylation is 1. The van der Waals surface area contributed by atoms with Crippen molar-refractivity contribution in [1.82, 2.24) is 5.32 Å². The average molecular weight is 305 g/mol.